The van der Waals surface area contributed by atoms with Crippen LogP contribution in [0.2, 0.25) is 5.02 Å². The number of halogens is 3. The maximum atomic E-state index is 12.4. The highest BCUT2D eigenvalue weighted by atomic mass is 35.5. The Morgan fingerprint density at radius 2 is 2.12 bits per heavy atom. The first-order chi connectivity index (χ1) is 12.0. The van der Waals surface area contributed by atoms with Gasteiger partial charge in [-0.3, -0.25) is 9.48 Å². The number of aromatic nitrogens is 2. The highest BCUT2D eigenvalue weighted by Crippen LogP contribution is 2.30. The van der Waals surface area contributed by atoms with E-state index in [0.29, 0.717) is 17.3 Å². The molecule has 25 heavy (non-hydrogen) atoms. The number of nitrogens with one attached hydrogen (secondary N) is 1. The first kappa shape index (κ1) is 19.0. The molecule has 0 saturated carbocycles. The van der Waals surface area contributed by atoms with E-state index in [9.17, 15) is 13.6 Å². The van der Waals surface area contributed by atoms with E-state index in [4.69, 9.17) is 16.3 Å². The number of hydrogen-bond donors (Lipinski definition) is 1. The number of rotatable bonds is 8. The molecule has 0 saturated heterocycles. The van der Waals surface area contributed by atoms with Gasteiger partial charge in [-0.1, -0.05) is 11.6 Å². The zero-order valence-electron chi connectivity index (χ0n) is 13.8. The van der Waals surface area contributed by atoms with Gasteiger partial charge in [0.05, 0.1) is 30.1 Å². The van der Waals surface area contributed by atoms with Crippen molar-refractivity contribution in [1.82, 2.24) is 15.1 Å². The molecular weight excluding hydrogens is 356 g/mol. The van der Waals surface area contributed by atoms with E-state index >= 15 is 0 Å². The molecule has 0 aliphatic heterocycles. The Balaban J connectivity index is 2.13. The molecule has 0 fully saturated rings. The fourth-order valence-corrected chi connectivity index (χ4v) is 2.42. The summed E-state index contributed by atoms with van der Waals surface area (Å²) in [5.41, 5.74) is 0.934. The van der Waals surface area contributed by atoms with E-state index in [2.05, 4.69) is 15.2 Å². The average Bonchev–Trinajstić information content (AvgIpc) is 2.94. The molecule has 6 nitrogen and oxygen atoms in total. The number of aryl methyl sites for hydroxylation is 1. The fourth-order valence-electron chi connectivity index (χ4n) is 2.21. The maximum absolute atomic E-state index is 12.4. The zero-order chi connectivity index (χ0) is 18.4. The largest absolute Gasteiger partial charge is 0.490 e. The average molecular weight is 374 g/mol. The summed E-state index contributed by atoms with van der Waals surface area (Å²) in [5.74, 6) is -0.447. The number of amides is 1. The van der Waals surface area contributed by atoms with Gasteiger partial charge in [0.25, 0.3) is 5.91 Å². The Morgan fingerprint density at radius 3 is 2.76 bits per heavy atom. The molecule has 136 valence electrons. The van der Waals surface area contributed by atoms with Crippen LogP contribution in [-0.2, 0) is 13.1 Å². The van der Waals surface area contributed by atoms with Crippen LogP contribution in [-0.4, -0.2) is 28.9 Å². The summed E-state index contributed by atoms with van der Waals surface area (Å²) >= 11 is 6.05. The SMILES string of the molecule is CCOc1cc(C(=O)NCc2c(Cl)cnn2CC)ccc1OC(F)F. The number of hydrogen-bond acceptors (Lipinski definition) is 4. The van der Waals surface area contributed by atoms with Crippen molar-refractivity contribution in [1.29, 1.82) is 0 Å². The lowest BCUT2D eigenvalue weighted by Gasteiger charge is -2.13. The lowest BCUT2D eigenvalue weighted by Crippen LogP contribution is -2.24. The summed E-state index contributed by atoms with van der Waals surface area (Å²) < 4.78 is 36.1. The number of carbonyl (C=O) groups excluding carboxylic acids is 1. The van der Waals surface area contributed by atoms with Crippen LogP contribution >= 0.6 is 11.6 Å². The van der Waals surface area contributed by atoms with Crippen molar-refractivity contribution in [3.05, 3.63) is 40.7 Å². The Kier molecular flexibility index (Phi) is 6.58. The Labute approximate surface area is 148 Å². The maximum Gasteiger partial charge on any atom is 0.387 e. The number of ether oxygens (including phenoxy) is 2. The molecule has 1 amide bonds. The lowest BCUT2D eigenvalue weighted by molar-refractivity contribution is -0.0514. The van der Waals surface area contributed by atoms with E-state index in [1.807, 2.05) is 6.92 Å². The van der Waals surface area contributed by atoms with Gasteiger partial charge >= 0.3 is 6.61 Å². The van der Waals surface area contributed by atoms with Crippen molar-refractivity contribution in [3.8, 4) is 11.5 Å². The van der Waals surface area contributed by atoms with Gasteiger partial charge in [0.2, 0.25) is 0 Å². The molecule has 0 atom stereocenters. The van der Waals surface area contributed by atoms with Crippen LogP contribution in [0.3, 0.4) is 0 Å². The highest BCUT2D eigenvalue weighted by molar-refractivity contribution is 6.31. The first-order valence-corrected chi connectivity index (χ1v) is 8.04. The Bertz CT molecular complexity index is 737. The standard InChI is InChI=1S/C16H18ClF2N3O3/c1-3-22-12(11(17)8-21-22)9-20-15(23)10-5-6-13(25-16(18)19)14(7-10)24-4-2/h5-8,16H,3-4,9H2,1-2H3,(H,20,23). The number of carbonyl (C=O) groups is 1. The van der Waals surface area contributed by atoms with Crippen LogP contribution in [0.25, 0.3) is 0 Å². The molecule has 9 heteroatoms. The Morgan fingerprint density at radius 1 is 1.36 bits per heavy atom. The molecule has 0 aliphatic rings. The van der Waals surface area contributed by atoms with Crippen molar-refractivity contribution in [3.63, 3.8) is 0 Å². The Hall–Kier alpha value is -2.35. The number of alkyl halides is 2. The molecule has 1 heterocycles. The predicted molar refractivity (Wildman–Crippen MR) is 88.3 cm³/mol. The number of nitrogens with zero attached hydrogens (tertiary/aromatic N) is 2. The van der Waals surface area contributed by atoms with E-state index < -0.39 is 12.5 Å². The minimum atomic E-state index is -2.98. The molecule has 1 aromatic heterocycles. The topological polar surface area (TPSA) is 65.4 Å². The normalized spacial score (nSPS) is 10.8. The molecule has 0 aliphatic carbocycles. The van der Waals surface area contributed by atoms with Crippen LogP contribution in [0.4, 0.5) is 8.78 Å². The van der Waals surface area contributed by atoms with Crippen LogP contribution in [0.1, 0.15) is 29.9 Å². The predicted octanol–water partition coefficient (Wildman–Crippen LogP) is 3.49. The van der Waals surface area contributed by atoms with Crippen molar-refractivity contribution < 1.29 is 23.0 Å². The van der Waals surface area contributed by atoms with Gasteiger partial charge in [0.1, 0.15) is 0 Å². The summed E-state index contributed by atoms with van der Waals surface area (Å²) in [6, 6.07) is 4.01. The molecule has 1 aromatic carbocycles. The fraction of sp³-hybridized carbons (Fsp3) is 0.375. The summed E-state index contributed by atoms with van der Waals surface area (Å²) in [7, 11) is 0. The quantitative estimate of drug-likeness (QED) is 0.769. The summed E-state index contributed by atoms with van der Waals surface area (Å²) in [5, 5.41) is 7.26. The first-order valence-electron chi connectivity index (χ1n) is 7.66. The van der Waals surface area contributed by atoms with Crippen LogP contribution < -0.4 is 14.8 Å². The van der Waals surface area contributed by atoms with Crippen LogP contribution in [0, 0.1) is 0 Å². The van der Waals surface area contributed by atoms with E-state index in [1.54, 1.807) is 11.6 Å². The molecule has 0 bridgehead atoms. The van der Waals surface area contributed by atoms with Gasteiger partial charge in [-0.2, -0.15) is 13.9 Å². The second-order valence-corrected chi connectivity index (χ2v) is 5.32. The summed E-state index contributed by atoms with van der Waals surface area (Å²) in [6.07, 6.45) is 1.51. The van der Waals surface area contributed by atoms with Gasteiger partial charge < -0.3 is 14.8 Å². The minimum absolute atomic E-state index is 0.0760. The second kappa shape index (κ2) is 8.66. The third-order valence-electron chi connectivity index (χ3n) is 3.34. The van der Waals surface area contributed by atoms with Crippen molar-refractivity contribution in [2.24, 2.45) is 0 Å². The van der Waals surface area contributed by atoms with Gasteiger partial charge in [-0.05, 0) is 32.0 Å². The molecular formula is C16H18ClF2N3O3. The summed E-state index contributed by atoms with van der Waals surface area (Å²) in [4.78, 5) is 12.3. The van der Waals surface area contributed by atoms with Gasteiger partial charge in [-0.15, -0.1) is 0 Å². The highest BCUT2D eigenvalue weighted by Gasteiger charge is 2.15. The molecule has 1 N–H and O–H groups in total. The molecule has 0 spiro atoms. The zero-order valence-corrected chi connectivity index (χ0v) is 14.5. The van der Waals surface area contributed by atoms with Gasteiger partial charge in [0.15, 0.2) is 11.5 Å². The second-order valence-electron chi connectivity index (χ2n) is 4.91. The van der Waals surface area contributed by atoms with Crippen LogP contribution in [0.5, 0.6) is 11.5 Å². The molecule has 2 rings (SSSR count). The van der Waals surface area contributed by atoms with Crippen molar-refractivity contribution in [2.45, 2.75) is 33.5 Å². The third-order valence-corrected chi connectivity index (χ3v) is 3.65. The third kappa shape index (κ3) is 4.82. The van der Waals surface area contributed by atoms with Crippen molar-refractivity contribution >= 4 is 17.5 Å². The van der Waals surface area contributed by atoms with E-state index in [-0.39, 0.29) is 30.2 Å². The smallest absolute Gasteiger partial charge is 0.387 e. The van der Waals surface area contributed by atoms with Gasteiger partial charge in [-0.25, -0.2) is 0 Å². The van der Waals surface area contributed by atoms with Crippen molar-refractivity contribution in [2.75, 3.05) is 6.61 Å². The molecule has 2 aromatic rings. The lowest BCUT2D eigenvalue weighted by atomic mass is 10.2. The minimum Gasteiger partial charge on any atom is -0.490 e. The van der Waals surface area contributed by atoms with E-state index in [1.165, 1.54) is 24.4 Å². The summed E-state index contributed by atoms with van der Waals surface area (Å²) in [6.45, 7) is 1.68. The molecule has 0 radical (unpaired) electrons. The van der Waals surface area contributed by atoms with Gasteiger partial charge in [0, 0.05) is 12.1 Å². The van der Waals surface area contributed by atoms with E-state index in [0.717, 1.165) is 0 Å². The monoisotopic (exact) mass is 373 g/mol. The van der Waals surface area contributed by atoms with Crippen LogP contribution in [0.15, 0.2) is 24.4 Å². The molecule has 0 unspecified atom stereocenters. The number of benzene rings is 1.